The lowest BCUT2D eigenvalue weighted by Crippen LogP contribution is -2.28. The molecule has 0 fully saturated rings. The second-order valence-electron chi connectivity index (χ2n) is 19.1. The van der Waals surface area contributed by atoms with E-state index in [0.29, 0.717) is 0 Å². The summed E-state index contributed by atoms with van der Waals surface area (Å²) < 4.78 is 2.41. The normalized spacial score (nSPS) is 13.9. The van der Waals surface area contributed by atoms with E-state index < -0.39 is 10.8 Å². The van der Waals surface area contributed by atoms with E-state index in [1.807, 2.05) is 0 Å². The van der Waals surface area contributed by atoms with Crippen LogP contribution >= 0.6 is 0 Å². The van der Waals surface area contributed by atoms with E-state index in [-0.39, 0.29) is 0 Å². The van der Waals surface area contributed by atoms with Crippen LogP contribution in [0.1, 0.15) is 44.5 Å². The van der Waals surface area contributed by atoms with Crippen LogP contribution in [-0.2, 0) is 10.8 Å². The minimum atomic E-state index is -0.489. The molecule has 2 heteroatoms. The summed E-state index contributed by atoms with van der Waals surface area (Å²) in [6.45, 7) is 0. The van der Waals surface area contributed by atoms with Gasteiger partial charge in [0.05, 0.1) is 21.9 Å². The van der Waals surface area contributed by atoms with Crippen molar-refractivity contribution < 1.29 is 0 Å². The van der Waals surface area contributed by atoms with E-state index in [4.69, 9.17) is 0 Å². The van der Waals surface area contributed by atoms with E-state index in [1.54, 1.807) is 0 Å². The number of nitrogens with zero attached hydrogens (tertiary/aromatic N) is 2. The van der Waals surface area contributed by atoms with Gasteiger partial charge in [0.1, 0.15) is 0 Å². The van der Waals surface area contributed by atoms with Gasteiger partial charge >= 0.3 is 0 Å². The van der Waals surface area contributed by atoms with Gasteiger partial charge < -0.3 is 9.47 Å². The molecule has 326 valence electrons. The molecular weight excluding hydrogens is 845 g/mol. The number of para-hydroxylation sites is 2. The van der Waals surface area contributed by atoms with Crippen LogP contribution in [0.5, 0.6) is 0 Å². The zero-order valence-corrected chi connectivity index (χ0v) is 38.3. The summed E-state index contributed by atoms with van der Waals surface area (Å²) >= 11 is 0. The molecule has 1 aromatic heterocycles. The molecule has 1 heterocycles. The van der Waals surface area contributed by atoms with Crippen molar-refractivity contribution in [2.75, 3.05) is 4.90 Å². The summed E-state index contributed by atoms with van der Waals surface area (Å²) in [5.41, 5.74) is 24.0. The fourth-order valence-electron chi connectivity index (χ4n) is 13.2. The first-order chi connectivity index (χ1) is 34.7. The number of hydrogen-bond donors (Lipinski definition) is 0. The Morgan fingerprint density at radius 2 is 0.643 bits per heavy atom. The maximum Gasteiger partial charge on any atom is 0.0726 e. The summed E-state index contributed by atoms with van der Waals surface area (Å²) in [5, 5.41) is 2.51. The van der Waals surface area contributed by atoms with E-state index in [0.717, 1.165) is 22.7 Å². The Hall–Kier alpha value is -8.98. The molecule has 0 radical (unpaired) electrons. The molecule has 12 aromatic rings. The molecule has 0 saturated heterocycles. The standard InChI is InChI=1S/C68H44N2/c1-3-19-45(20-4-1)67(46-21-5-2-6-22-46)59-29-13-10-26-54(59)58-43-49(40-42-63(58)67)69(47-35-37-48(38-36-47)70-65-33-17-11-27-56(65)57-28-12-18-34-66(57)70)50-39-41-55-53-25-9-16-32-62(53)68(64(55)44-50)60-30-14-7-23-51(60)52-24-8-15-31-61(52)68/h1-44H. The molecule has 2 nitrogen and oxygen atoms in total. The lowest BCUT2D eigenvalue weighted by molar-refractivity contribution is 0.768. The van der Waals surface area contributed by atoms with E-state index in [9.17, 15) is 0 Å². The first-order valence-corrected chi connectivity index (χ1v) is 24.4. The third kappa shape index (κ3) is 5.12. The third-order valence-corrected chi connectivity index (χ3v) is 15.9. The van der Waals surface area contributed by atoms with Crippen LogP contribution in [0.25, 0.3) is 60.9 Å². The third-order valence-electron chi connectivity index (χ3n) is 15.9. The molecule has 70 heavy (non-hydrogen) atoms. The molecule has 3 aliphatic carbocycles. The molecular formula is C68H44N2. The highest BCUT2D eigenvalue weighted by atomic mass is 15.1. The van der Waals surface area contributed by atoms with E-state index >= 15 is 0 Å². The van der Waals surface area contributed by atoms with Crippen molar-refractivity contribution in [1.82, 2.24) is 4.57 Å². The summed E-state index contributed by atoms with van der Waals surface area (Å²) in [7, 11) is 0. The number of anilines is 3. The van der Waals surface area contributed by atoms with Crippen molar-refractivity contribution in [2.24, 2.45) is 0 Å². The van der Waals surface area contributed by atoms with Crippen LogP contribution in [-0.4, -0.2) is 4.57 Å². The highest BCUT2D eigenvalue weighted by molar-refractivity contribution is 6.09. The minimum absolute atomic E-state index is 0.469. The van der Waals surface area contributed by atoms with Crippen LogP contribution in [0.15, 0.2) is 267 Å². The molecule has 11 aromatic carbocycles. The molecule has 0 atom stereocenters. The minimum Gasteiger partial charge on any atom is -0.310 e. The Morgan fingerprint density at radius 3 is 1.19 bits per heavy atom. The SMILES string of the molecule is c1ccc(C2(c3ccccc3)c3ccccc3-c3cc(N(c4ccc(-n5c6ccccc6c6ccccc65)cc4)c4ccc5c(c4)C4(c6ccccc6-c6ccccc64)c4ccccc4-5)ccc32)cc1. The smallest absolute Gasteiger partial charge is 0.0726 e. The molecule has 0 amide bonds. The predicted octanol–water partition coefficient (Wildman–Crippen LogP) is 17.0. The Kier molecular flexibility index (Phi) is 8.24. The molecule has 0 N–H and O–H groups in total. The van der Waals surface area contributed by atoms with Crippen molar-refractivity contribution in [3.05, 3.63) is 311 Å². The van der Waals surface area contributed by atoms with Gasteiger partial charge in [-0.25, -0.2) is 0 Å². The number of benzene rings is 11. The van der Waals surface area contributed by atoms with Gasteiger partial charge in [0.25, 0.3) is 0 Å². The average Bonchev–Trinajstić information content (AvgIpc) is 4.13. The topological polar surface area (TPSA) is 8.17 Å². The second-order valence-corrected chi connectivity index (χ2v) is 19.1. The zero-order valence-electron chi connectivity index (χ0n) is 38.3. The first-order valence-electron chi connectivity index (χ1n) is 24.4. The molecule has 15 rings (SSSR count). The number of fused-ring (bicyclic) bond motifs is 16. The van der Waals surface area contributed by atoms with Crippen molar-refractivity contribution in [3.63, 3.8) is 0 Å². The lowest BCUT2D eigenvalue weighted by Gasteiger charge is -2.34. The highest BCUT2D eigenvalue weighted by Gasteiger charge is 2.52. The van der Waals surface area contributed by atoms with Gasteiger partial charge in [-0.15, -0.1) is 0 Å². The van der Waals surface area contributed by atoms with Gasteiger partial charge in [0.2, 0.25) is 0 Å². The van der Waals surface area contributed by atoms with Crippen molar-refractivity contribution in [3.8, 4) is 39.1 Å². The van der Waals surface area contributed by atoms with Gasteiger partial charge in [0, 0.05) is 33.5 Å². The predicted molar refractivity (Wildman–Crippen MR) is 289 cm³/mol. The second kappa shape index (κ2) is 14.8. The van der Waals surface area contributed by atoms with E-state index in [1.165, 1.54) is 99.7 Å². The molecule has 0 bridgehead atoms. The maximum absolute atomic E-state index is 2.51. The fourth-order valence-corrected chi connectivity index (χ4v) is 13.2. The molecule has 3 aliphatic rings. The van der Waals surface area contributed by atoms with Gasteiger partial charge in [-0.2, -0.15) is 0 Å². The number of hydrogen-bond acceptors (Lipinski definition) is 1. The molecule has 0 unspecified atom stereocenters. The van der Waals surface area contributed by atoms with Crippen LogP contribution in [0.3, 0.4) is 0 Å². The first kappa shape index (κ1) is 39.1. The van der Waals surface area contributed by atoms with Crippen LogP contribution in [0.4, 0.5) is 17.1 Å². The van der Waals surface area contributed by atoms with Gasteiger partial charge in [-0.3, -0.25) is 0 Å². The van der Waals surface area contributed by atoms with Gasteiger partial charge in [-0.1, -0.05) is 206 Å². The largest absolute Gasteiger partial charge is 0.310 e. The van der Waals surface area contributed by atoms with Gasteiger partial charge in [-0.05, 0) is 139 Å². The molecule has 0 saturated carbocycles. The summed E-state index contributed by atoms with van der Waals surface area (Å²) in [5.74, 6) is 0. The zero-order chi connectivity index (χ0) is 46.0. The summed E-state index contributed by atoms with van der Waals surface area (Å²) in [4.78, 5) is 2.49. The lowest BCUT2D eigenvalue weighted by atomic mass is 9.68. The molecule has 0 aliphatic heterocycles. The fraction of sp³-hybridized carbons (Fsp3) is 0.0294. The van der Waals surface area contributed by atoms with Crippen molar-refractivity contribution in [1.29, 1.82) is 0 Å². The quantitative estimate of drug-likeness (QED) is 0.161. The highest BCUT2D eigenvalue weighted by Crippen LogP contribution is 2.64. The summed E-state index contributed by atoms with van der Waals surface area (Å²) in [6, 6.07) is 99.7. The van der Waals surface area contributed by atoms with Crippen LogP contribution in [0.2, 0.25) is 0 Å². The van der Waals surface area contributed by atoms with Gasteiger partial charge in [0.15, 0.2) is 0 Å². The van der Waals surface area contributed by atoms with Crippen LogP contribution < -0.4 is 4.90 Å². The van der Waals surface area contributed by atoms with E-state index in [2.05, 4.69) is 276 Å². The molecule has 1 spiro atoms. The Bertz CT molecular complexity index is 3910. The Balaban J connectivity index is 0.978. The summed E-state index contributed by atoms with van der Waals surface area (Å²) in [6.07, 6.45) is 0. The average molecular weight is 889 g/mol. The number of aromatic nitrogens is 1. The maximum atomic E-state index is 2.51. The monoisotopic (exact) mass is 888 g/mol. The number of rotatable bonds is 6. The van der Waals surface area contributed by atoms with Crippen LogP contribution in [0, 0.1) is 0 Å². The van der Waals surface area contributed by atoms with Crippen molar-refractivity contribution in [2.45, 2.75) is 10.8 Å². The Morgan fingerprint density at radius 1 is 0.257 bits per heavy atom. The van der Waals surface area contributed by atoms with Crippen molar-refractivity contribution >= 4 is 38.9 Å². The Labute approximate surface area is 407 Å².